The van der Waals surface area contributed by atoms with Crippen molar-refractivity contribution in [3.8, 4) is 0 Å². The highest BCUT2D eigenvalue weighted by molar-refractivity contribution is 5.99. The Kier molecular flexibility index (Phi) is 3.36. The summed E-state index contributed by atoms with van der Waals surface area (Å²) in [5.74, 6) is -0.297. The lowest BCUT2D eigenvalue weighted by Gasteiger charge is -2.09. The summed E-state index contributed by atoms with van der Waals surface area (Å²) in [5, 5.41) is 2.85. The Bertz CT molecular complexity index is 349. The van der Waals surface area contributed by atoms with E-state index in [2.05, 4.69) is 5.32 Å². The molecule has 0 bridgehead atoms. The minimum atomic E-state index is -0.279. The van der Waals surface area contributed by atoms with Crippen molar-refractivity contribution in [3.05, 3.63) is 35.1 Å². The Labute approximate surface area is 83.1 Å². The molecule has 0 aliphatic carbocycles. The van der Waals surface area contributed by atoms with E-state index < -0.39 is 0 Å². The van der Waals surface area contributed by atoms with Crippen LogP contribution in [0.25, 0.3) is 0 Å². The number of rotatable bonds is 3. The number of hydrogen-bond acceptors (Lipinski definition) is 2. The molecule has 0 aliphatic heterocycles. The second kappa shape index (κ2) is 4.33. The quantitative estimate of drug-likeness (QED) is 0.746. The maximum Gasteiger partial charge on any atom is 0.179 e. The molecular weight excluding hydrogens is 181 g/mol. The average molecular weight is 195 g/mol. The number of nitrogens with one attached hydrogen (secondary N) is 1. The van der Waals surface area contributed by atoms with E-state index in [4.69, 9.17) is 0 Å². The minimum absolute atomic E-state index is 0.0180. The summed E-state index contributed by atoms with van der Waals surface area (Å²) in [7, 11) is 1.72. The normalized spacial score (nSPS) is 12.6. The lowest BCUT2D eigenvalue weighted by atomic mass is 10.0. The van der Waals surface area contributed by atoms with E-state index in [1.54, 1.807) is 27.0 Å². The Hall–Kier alpha value is -1.22. The highest BCUT2D eigenvalue weighted by atomic mass is 19.1. The molecule has 0 radical (unpaired) electrons. The number of likely N-dealkylation sites (N-methyl/N-ethyl adjacent to an activating group) is 1. The van der Waals surface area contributed by atoms with E-state index in [0.717, 1.165) is 0 Å². The van der Waals surface area contributed by atoms with Crippen molar-refractivity contribution in [2.24, 2.45) is 0 Å². The Balaban J connectivity index is 2.97. The van der Waals surface area contributed by atoms with E-state index in [1.807, 2.05) is 0 Å². The maximum absolute atomic E-state index is 12.9. The van der Waals surface area contributed by atoms with Crippen molar-refractivity contribution in [1.82, 2.24) is 5.32 Å². The van der Waals surface area contributed by atoms with Crippen LogP contribution < -0.4 is 5.32 Å². The van der Waals surface area contributed by atoms with E-state index in [1.165, 1.54) is 12.1 Å². The predicted molar refractivity (Wildman–Crippen MR) is 54.0 cm³/mol. The van der Waals surface area contributed by atoms with Gasteiger partial charge in [0.2, 0.25) is 0 Å². The summed E-state index contributed by atoms with van der Waals surface area (Å²) in [4.78, 5) is 11.7. The molecule has 14 heavy (non-hydrogen) atoms. The molecule has 1 unspecified atom stereocenters. The summed E-state index contributed by atoms with van der Waals surface area (Å²) >= 11 is 0. The van der Waals surface area contributed by atoms with Crippen LogP contribution in [0.1, 0.15) is 22.8 Å². The molecule has 0 aromatic heterocycles. The topological polar surface area (TPSA) is 29.1 Å². The SMILES string of the molecule is CNC(C)C(=O)c1ccc(F)c(C)c1. The Morgan fingerprint density at radius 1 is 1.50 bits per heavy atom. The molecule has 1 aromatic carbocycles. The fraction of sp³-hybridized carbons (Fsp3) is 0.364. The Morgan fingerprint density at radius 3 is 2.64 bits per heavy atom. The minimum Gasteiger partial charge on any atom is -0.310 e. The molecule has 0 saturated carbocycles. The van der Waals surface area contributed by atoms with Crippen molar-refractivity contribution in [2.45, 2.75) is 19.9 Å². The Morgan fingerprint density at radius 2 is 2.14 bits per heavy atom. The first-order chi connectivity index (χ1) is 6.56. The van der Waals surface area contributed by atoms with Gasteiger partial charge in [0.15, 0.2) is 5.78 Å². The summed E-state index contributed by atoms with van der Waals surface area (Å²) in [6.07, 6.45) is 0. The van der Waals surface area contributed by atoms with Crippen molar-refractivity contribution < 1.29 is 9.18 Å². The standard InChI is InChI=1S/C11H14FNO/c1-7-6-9(4-5-10(7)12)11(14)8(2)13-3/h4-6,8,13H,1-3H3. The van der Waals surface area contributed by atoms with Crippen LogP contribution in [0.4, 0.5) is 4.39 Å². The van der Waals surface area contributed by atoms with E-state index in [-0.39, 0.29) is 17.6 Å². The van der Waals surface area contributed by atoms with Gasteiger partial charge in [0.25, 0.3) is 0 Å². The smallest absolute Gasteiger partial charge is 0.179 e. The summed E-state index contributed by atoms with van der Waals surface area (Å²) in [6.45, 7) is 3.43. The number of aryl methyl sites for hydroxylation is 1. The van der Waals surface area contributed by atoms with Gasteiger partial charge in [0, 0.05) is 5.56 Å². The molecule has 2 nitrogen and oxygen atoms in total. The largest absolute Gasteiger partial charge is 0.310 e. The van der Waals surface area contributed by atoms with Crippen LogP contribution in [-0.2, 0) is 0 Å². The zero-order chi connectivity index (χ0) is 10.7. The number of halogens is 1. The second-order valence-electron chi connectivity index (χ2n) is 3.34. The fourth-order valence-electron chi connectivity index (χ4n) is 1.18. The van der Waals surface area contributed by atoms with Crippen molar-refractivity contribution in [1.29, 1.82) is 0 Å². The van der Waals surface area contributed by atoms with Gasteiger partial charge in [-0.2, -0.15) is 0 Å². The van der Waals surface area contributed by atoms with E-state index >= 15 is 0 Å². The molecule has 0 fully saturated rings. The first-order valence-corrected chi connectivity index (χ1v) is 4.54. The number of hydrogen-bond donors (Lipinski definition) is 1. The van der Waals surface area contributed by atoms with Crippen LogP contribution in [0, 0.1) is 12.7 Å². The van der Waals surface area contributed by atoms with Crippen molar-refractivity contribution in [3.63, 3.8) is 0 Å². The van der Waals surface area contributed by atoms with Crippen LogP contribution in [0.5, 0.6) is 0 Å². The fourth-order valence-corrected chi connectivity index (χ4v) is 1.18. The number of Topliss-reactive ketones (excluding diaryl/α,β-unsaturated/α-hetero) is 1. The number of ketones is 1. The monoisotopic (exact) mass is 195 g/mol. The molecule has 1 rings (SSSR count). The molecule has 0 aliphatic rings. The van der Waals surface area contributed by atoms with Gasteiger partial charge in [0.1, 0.15) is 5.82 Å². The zero-order valence-electron chi connectivity index (χ0n) is 8.60. The van der Waals surface area contributed by atoms with Crippen LogP contribution in [0.3, 0.4) is 0 Å². The van der Waals surface area contributed by atoms with Gasteiger partial charge in [-0.25, -0.2) is 4.39 Å². The summed E-state index contributed by atoms with van der Waals surface area (Å²) in [5.41, 5.74) is 1.05. The van der Waals surface area contributed by atoms with Gasteiger partial charge in [-0.3, -0.25) is 4.79 Å². The molecule has 76 valence electrons. The van der Waals surface area contributed by atoms with Crippen molar-refractivity contribution >= 4 is 5.78 Å². The van der Waals surface area contributed by atoms with Crippen LogP contribution in [0.2, 0.25) is 0 Å². The first-order valence-electron chi connectivity index (χ1n) is 4.54. The van der Waals surface area contributed by atoms with Crippen LogP contribution in [0.15, 0.2) is 18.2 Å². The van der Waals surface area contributed by atoms with E-state index in [9.17, 15) is 9.18 Å². The third-order valence-corrected chi connectivity index (χ3v) is 2.27. The third kappa shape index (κ3) is 2.17. The lowest BCUT2D eigenvalue weighted by molar-refractivity contribution is 0.0955. The number of benzene rings is 1. The molecule has 3 heteroatoms. The van der Waals surface area contributed by atoms with Gasteiger partial charge >= 0.3 is 0 Å². The average Bonchev–Trinajstić information content (AvgIpc) is 2.20. The molecule has 0 saturated heterocycles. The molecular formula is C11H14FNO. The van der Waals surface area contributed by atoms with Crippen molar-refractivity contribution in [2.75, 3.05) is 7.05 Å². The predicted octanol–water partition coefficient (Wildman–Crippen LogP) is 1.92. The molecule has 0 amide bonds. The number of carbonyl (C=O) groups excluding carboxylic acids is 1. The third-order valence-electron chi connectivity index (χ3n) is 2.27. The van der Waals surface area contributed by atoms with Gasteiger partial charge in [-0.05, 0) is 44.7 Å². The van der Waals surface area contributed by atoms with Gasteiger partial charge in [0.05, 0.1) is 6.04 Å². The highest BCUT2D eigenvalue weighted by Crippen LogP contribution is 2.10. The molecule has 1 aromatic rings. The molecule has 1 atom stereocenters. The van der Waals surface area contributed by atoms with Gasteiger partial charge in [-0.15, -0.1) is 0 Å². The summed E-state index contributed by atoms with van der Waals surface area (Å²) in [6, 6.07) is 4.18. The van der Waals surface area contributed by atoms with Crippen LogP contribution in [-0.4, -0.2) is 18.9 Å². The molecule has 1 N–H and O–H groups in total. The maximum atomic E-state index is 12.9. The van der Waals surface area contributed by atoms with Crippen LogP contribution >= 0.6 is 0 Å². The van der Waals surface area contributed by atoms with E-state index in [0.29, 0.717) is 11.1 Å². The zero-order valence-corrected chi connectivity index (χ0v) is 8.60. The number of carbonyl (C=O) groups is 1. The first kappa shape index (κ1) is 10.9. The summed E-state index contributed by atoms with van der Waals surface area (Å²) < 4.78 is 12.9. The van der Waals surface area contributed by atoms with Gasteiger partial charge in [-0.1, -0.05) is 0 Å². The second-order valence-corrected chi connectivity index (χ2v) is 3.34. The van der Waals surface area contributed by atoms with Gasteiger partial charge < -0.3 is 5.32 Å². The lowest BCUT2D eigenvalue weighted by Crippen LogP contribution is -2.30. The molecule has 0 heterocycles. The highest BCUT2D eigenvalue weighted by Gasteiger charge is 2.13. The molecule has 0 spiro atoms.